The number of hydrogen-bond donors (Lipinski definition) is 0. The highest BCUT2D eigenvalue weighted by Crippen LogP contribution is 2.26. The molecule has 2 aromatic rings. The van der Waals surface area contributed by atoms with E-state index in [4.69, 9.17) is 4.74 Å². The van der Waals surface area contributed by atoms with Gasteiger partial charge in [0.25, 0.3) is 0 Å². The molecule has 2 heterocycles. The first-order valence-electron chi connectivity index (χ1n) is 8.49. The summed E-state index contributed by atoms with van der Waals surface area (Å²) in [5.74, 6) is 2.07. The summed E-state index contributed by atoms with van der Waals surface area (Å²) in [6.07, 6.45) is -0.128. The minimum atomic E-state index is -0.244. The Morgan fingerprint density at radius 1 is 1.16 bits per heavy atom. The van der Waals surface area contributed by atoms with E-state index in [1.54, 1.807) is 12.1 Å². The quantitative estimate of drug-likeness (QED) is 0.849. The molecule has 1 aromatic heterocycles. The van der Waals surface area contributed by atoms with Crippen LogP contribution in [0.5, 0.6) is 0 Å². The van der Waals surface area contributed by atoms with E-state index in [0.29, 0.717) is 31.6 Å². The fourth-order valence-corrected chi connectivity index (χ4v) is 2.68. The highest BCUT2D eigenvalue weighted by Gasteiger charge is 2.25. The molecule has 1 aliphatic heterocycles. The molecule has 0 aliphatic carbocycles. The second-order valence-corrected chi connectivity index (χ2v) is 6.70. The largest absolute Gasteiger partial charge is 0.370 e. The summed E-state index contributed by atoms with van der Waals surface area (Å²) in [5, 5.41) is 0. The molecule has 7 heteroatoms. The van der Waals surface area contributed by atoms with Crippen molar-refractivity contribution in [3.05, 3.63) is 41.5 Å². The number of benzene rings is 1. The smallest absolute Gasteiger partial charge is 0.230 e. The van der Waals surface area contributed by atoms with Gasteiger partial charge in [-0.15, -0.1) is 0 Å². The van der Waals surface area contributed by atoms with Gasteiger partial charge >= 0.3 is 0 Å². The summed E-state index contributed by atoms with van der Waals surface area (Å²) >= 11 is 0. The van der Waals surface area contributed by atoms with E-state index < -0.39 is 0 Å². The molecule has 1 atom stereocenters. The Morgan fingerprint density at radius 2 is 1.88 bits per heavy atom. The number of rotatable bonds is 4. The highest BCUT2D eigenvalue weighted by molar-refractivity contribution is 5.39. The number of aromatic nitrogens is 3. The summed E-state index contributed by atoms with van der Waals surface area (Å²) in [6.45, 7) is 6.05. The third-order valence-corrected chi connectivity index (χ3v) is 4.14. The van der Waals surface area contributed by atoms with Crippen molar-refractivity contribution in [2.45, 2.75) is 25.9 Å². The standard InChI is InChI=1S/C18H24FN5O/c1-12(2)16-20-17(23(3)4)22-18(21-16)24-9-10-25-15(11-24)13-5-7-14(19)8-6-13/h5-8,12,15H,9-11H2,1-4H3. The number of nitrogens with zero attached hydrogens (tertiary/aromatic N) is 5. The van der Waals surface area contributed by atoms with Crippen molar-refractivity contribution in [2.75, 3.05) is 43.6 Å². The normalized spacial score (nSPS) is 17.8. The van der Waals surface area contributed by atoms with E-state index >= 15 is 0 Å². The Kier molecular flexibility index (Phi) is 5.13. The van der Waals surface area contributed by atoms with Crippen molar-refractivity contribution in [2.24, 2.45) is 0 Å². The average molecular weight is 345 g/mol. The number of ether oxygens (including phenoxy) is 1. The van der Waals surface area contributed by atoms with Gasteiger partial charge in [-0.1, -0.05) is 26.0 Å². The first-order valence-corrected chi connectivity index (χ1v) is 8.49. The molecule has 134 valence electrons. The molecule has 0 saturated carbocycles. The van der Waals surface area contributed by atoms with Crippen LogP contribution >= 0.6 is 0 Å². The fourth-order valence-electron chi connectivity index (χ4n) is 2.68. The van der Waals surface area contributed by atoms with Crippen LogP contribution in [0.3, 0.4) is 0 Å². The lowest BCUT2D eigenvalue weighted by Gasteiger charge is -2.33. The van der Waals surface area contributed by atoms with Gasteiger partial charge in [-0.05, 0) is 17.7 Å². The lowest BCUT2D eigenvalue weighted by molar-refractivity contribution is 0.0391. The number of halogens is 1. The molecule has 25 heavy (non-hydrogen) atoms. The molecule has 1 fully saturated rings. The van der Waals surface area contributed by atoms with E-state index in [9.17, 15) is 4.39 Å². The zero-order valence-electron chi connectivity index (χ0n) is 15.1. The molecule has 1 saturated heterocycles. The topological polar surface area (TPSA) is 54.4 Å². The molecule has 0 amide bonds. The Labute approximate surface area is 147 Å². The first-order chi connectivity index (χ1) is 11.9. The van der Waals surface area contributed by atoms with Gasteiger partial charge in [0.05, 0.1) is 13.2 Å². The van der Waals surface area contributed by atoms with E-state index in [1.807, 2.05) is 19.0 Å². The molecule has 1 aliphatic rings. The maximum absolute atomic E-state index is 13.2. The molecule has 6 nitrogen and oxygen atoms in total. The maximum Gasteiger partial charge on any atom is 0.230 e. The van der Waals surface area contributed by atoms with Crippen molar-refractivity contribution < 1.29 is 9.13 Å². The Bertz CT molecular complexity index is 694. The minimum Gasteiger partial charge on any atom is -0.370 e. The molecular formula is C18H24FN5O. The molecule has 0 spiro atoms. The zero-order chi connectivity index (χ0) is 18.0. The third-order valence-electron chi connectivity index (χ3n) is 4.14. The Hall–Kier alpha value is -2.28. The van der Waals surface area contributed by atoms with Gasteiger partial charge in [0, 0.05) is 26.6 Å². The van der Waals surface area contributed by atoms with Crippen molar-refractivity contribution in [3.63, 3.8) is 0 Å². The second-order valence-electron chi connectivity index (χ2n) is 6.70. The number of morpholine rings is 1. The van der Waals surface area contributed by atoms with Crippen LogP contribution in [0.25, 0.3) is 0 Å². The Morgan fingerprint density at radius 3 is 2.52 bits per heavy atom. The van der Waals surface area contributed by atoms with Crippen LogP contribution < -0.4 is 9.80 Å². The van der Waals surface area contributed by atoms with Crippen LogP contribution in [-0.4, -0.2) is 48.7 Å². The lowest BCUT2D eigenvalue weighted by atomic mass is 10.1. The fraction of sp³-hybridized carbons (Fsp3) is 0.500. The van der Waals surface area contributed by atoms with Gasteiger partial charge < -0.3 is 14.5 Å². The van der Waals surface area contributed by atoms with E-state index in [-0.39, 0.29) is 17.8 Å². The summed E-state index contributed by atoms with van der Waals surface area (Å²) in [4.78, 5) is 17.7. The Balaban J connectivity index is 1.86. The van der Waals surface area contributed by atoms with Gasteiger partial charge in [0.15, 0.2) is 0 Å². The zero-order valence-corrected chi connectivity index (χ0v) is 15.1. The summed E-state index contributed by atoms with van der Waals surface area (Å²) < 4.78 is 19.0. The SMILES string of the molecule is CC(C)c1nc(N(C)C)nc(N2CCOC(c3ccc(F)cc3)C2)n1. The van der Waals surface area contributed by atoms with Crippen LogP contribution in [0.2, 0.25) is 0 Å². The molecule has 0 bridgehead atoms. The third kappa shape index (κ3) is 4.04. The predicted molar refractivity (Wildman–Crippen MR) is 95.5 cm³/mol. The van der Waals surface area contributed by atoms with Crippen LogP contribution in [-0.2, 0) is 4.74 Å². The molecule has 3 rings (SSSR count). The van der Waals surface area contributed by atoms with Gasteiger partial charge in [0.1, 0.15) is 17.7 Å². The molecular weight excluding hydrogens is 321 g/mol. The van der Waals surface area contributed by atoms with Gasteiger partial charge in [-0.3, -0.25) is 0 Å². The summed E-state index contributed by atoms with van der Waals surface area (Å²) in [5.41, 5.74) is 0.956. The van der Waals surface area contributed by atoms with E-state index in [1.165, 1.54) is 12.1 Å². The average Bonchev–Trinajstić information content (AvgIpc) is 2.62. The van der Waals surface area contributed by atoms with E-state index in [0.717, 1.165) is 11.4 Å². The molecule has 1 aromatic carbocycles. The van der Waals surface area contributed by atoms with Crippen molar-refractivity contribution in [3.8, 4) is 0 Å². The maximum atomic E-state index is 13.2. The monoisotopic (exact) mass is 345 g/mol. The van der Waals surface area contributed by atoms with Gasteiger partial charge in [-0.25, -0.2) is 4.39 Å². The molecule has 1 unspecified atom stereocenters. The van der Waals surface area contributed by atoms with E-state index in [2.05, 4.69) is 33.7 Å². The number of hydrogen-bond acceptors (Lipinski definition) is 6. The van der Waals surface area contributed by atoms with Crippen LogP contribution in [0.15, 0.2) is 24.3 Å². The molecule has 0 radical (unpaired) electrons. The van der Waals surface area contributed by atoms with Crippen molar-refractivity contribution in [1.82, 2.24) is 15.0 Å². The second kappa shape index (κ2) is 7.31. The van der Waals surface area contributed by atoms with Crippen molar-refractivity contribution in [1.29, 1.82) is 0 Å². The number of anilines is 2. The first kappa shape index (κ1) is 17.5. The molecule has 0 N–H and O–H groups in total. The van der Waals surface area contributed by atoms with Crippen LogP contribution in [0, 0.1) is 5.82 Å². The summed E-state index contributed by atoms with van der Waals surface area (Å²) in [6, 6.07) is 6.45. The van der Waals surface area contributed by atoms with Crippen LogP contribution in [0.4, 0.5) is 16.3 Å². The predicted octanol–water partition coefficient (Wildman–Crippen LogP) is 2.78. The van der Waals surface area contributed by atoms with Gasteiger partial charge in [-0.2, -0.15) is 15.0 Å². The highest BCUT2D eigenvalue weighted by atomic mass is 19.1. The lowest BCUT2D eigenvalue weighted by Crippen LogP contribution is -2.39. The summed E-state index contributed by atoms with van der Waals surface area (Å²) in [7, 11) is 3.84. The van der Waals surface area contributed by atoms with Gasteiger partial charge in [0.2, 0.25) is 11.9 Å². The minimum absolute atomic E-state index is 0.128. The van der Waals surface area contributed by atoms with Crippen LogP contribution in [0.1, 0.15) is 37.3 Å². The van der Waals surface area contributed by atoms with Crippen molar-refractivity contribution >= 4 is 11.9 Å².